The molecule has 2 atom stereocenters. The van der Waals surface area contributed by atoms with E-state index < -0.39 is 5.97 Å². The first-order valence-electron chi connectivity index (χ1n) is 7.25. The highest BCUT2D eigenvalue weighted by Crippen LogP contribution is 2.38. The van der Waals surface area contributed by atoms with Gasteiger partial charge in [-0.2, -0.15) is 0 Å². The quantitative estimate of drug-likeness (QED) is 0.933. The molecule has 1 aliphatic carbocycles. The minimum absolute atomic E-state index is 0.0219. The number of aliphatic carboxylic acids is 1. The molecule has 0 aromatic carbocycles. The molecule has 20 heavy (non-hydrogen) atoms. The van der Waals surface area contributed by atoms with E-state index in [1.807, 2.05) is 6.07 Å². The number of imidazole rings is 1. The fourth-order valence-corrected chi connectivity index (χ4v) is 3.35. The van der Waals surface area contributed by atoms with Crippen molar-refractivity contribution in [1.29, 1.82) is 0 Å². The highest BCUT2D eigenvalue weighted by molar-refractivity contribution is 5.76. The first-order chi connectivity index (χ1) is 9.72. The molecule has 3 rings (SSSR count). The lowest BCUT2D eigenvalue weighted by Gasteiger charge is -2.28. The molecule has 5 heteroatoms. The van der Waals surface area contributed by atoms with E-state index >= 15 is 0 Å². The lowest BCUT2D eigenvalue weighted by Crippen LogP contribution is -2.27. The lowest BCUT2D eigenvalue weighted by atomic mass is 9.78. The highest BCUT2D eigenvalue weighted by atomic mass is 16.4. The van der Waals surface area contributed by atoms with Crippen LogP contribution in [0.25, 0.3) is 11.0 Å². The summed E-state index contributed by atoms with van der Waals surface area (Å²) in [5.74, 6) is -0.0578. The van der Waals surface area contributed by atoms with E-state index in [0.717, 1.165) is 49.1 Å². The molecule has 2 aromatic heterocycles. The fraction of sp³-hybridized carbons (Fsp3) is 0.533. The zero-order chi connectivity index (χ0) is 14.1. The number of aromatic nitrogens is 3. The van der Waals surface area contributed by atoms with Crippen LogP contribution >= 0.6 is 0 Å². The van der Waals surface area contributed by atoms with Crippen molar-refractivity contribution in [3.05, 3.63) is 24.3 Å². The number of carboxylic acids is 1. The summed E-state index contributed by atoms with van der Waals surface area (Å²) < 4.78 is 2.14. The van der Waals surface area contributed by atoms with Gasteiger partial charge >= 0.3 is 5.97 Å². The molecule has 0 spiro atoms. The second-order valence-corrected chi connectivity index (χ2v) is 5.41. The van der Waals surface area contributed by atoms with Gasteiger partial charge in [0.25, 0.3) is 0 Å². The summed E-state index contributed by atoms with van der Waals surface area (Å²) in [4.78, 5) is 20.3. The van der Waals surface area contributed by atoms with Crippen LogP contribution in [-0.2, 0) is 11.3 Å². The molecule has 0 aliphatic heterocycles. The topological polar surface area (TPSA) is 68.0 Å². The first kappa shape index (κ1) is 13.1. The molecular formula is C15H19N3O2. The standard InChI is InChI=1S/C15H19N3O2/c1-2-18-13-7-8-16-9-12(13)17-14(18)10-5-3-4-6-11(10)15(19)20/h7-11H,2-6H2,1H3,(H,19,20). The normalized spacial score (nSPS) is 23.1. The van der Waals surface area contributed by atoms with Gasteiger partial charge in [0.15, 0.2) is 0 Å². The zero-order valence-electron chi connectivity index (χ0n) is 11.6. The summed E-state index contributed by atoms with van der Waals surface area (Å²) >= 11 is 0. The molecule has 2 heterocycles. The van der Waals surface area contributed by atoms with Crippen molar-refractivity contribution in [3.8, 4) is 0 Å². The van der Waals surface area contributed by atoms with Crippen molar-refractivity contribution in [3.63, 3.8) is 0 Å². The van der Waals surface area contributed by atoms with Crippen LogP contribution < -0.4 is 0 Å². The van der Waals surface area contributed by atoms with Crippen LogP contribution in [0.5, 0.6) is 0 Å². The van der Waals surface area contributed by atoms with E-state index in [2.05, 4.69) is 21.5 Å². The van der Waals surface area contributed by atoms with Gasteiger partial charge in [0.1, 0.15) is 11.3 Å². The number of pyridine rings is 1. The summed E-state index contributed by atoms with van der Waals surface area (Å²) in [7, 11) is 0. The van der Waals surface area contributed by atoms with Crippen molar-refractivity contribution in [1.82, 2.24) is 14.5 Å². The monoisotopic (exact) mass is 273 g/mol. The van der Waals surface area contributed by atoms with Gasteiger partial charge in [-0.15, -0.1) is 0 Å². The Morgan fingerprint density at radius 2 is 2.25 bits per heavy atom. The number of carbonyl (C=O) groups is 1. The Morgan fingerprint density at radius 3 is 3.00 bits per heavy atom. The predicted octanol–water partition coefficient (Wildman–Crippen LogP) is 2.81. The van der Waals surface area contributed by atoms with E-state index in [9.17, 15) is 9.90 Å². The number of carboxylic acid groups (broad SMARTS) is 1. The zero-order valence-corrected chi connectivity index (χ0v) is 11.6. The third-order valence-electron chi connectivity index (χ3n) is 4.31. The van der Waals surface area contributed by atoms with Gasteiger partial charge in [0.2, 0.25) is 0 Å². The van der Waals surface area contributed by atoms with Crippen LogP contribution in [0, 0.1) is 5.92 Å². The molecule has 0 amide bonds. The molecule has 1 N–H and O–H groups in total. The average molecular weight is 273 g/mol. The molecule has 0 radical (unpaired) electrons. The highest BCUT2D eigenvalue weighted by Gasteiger charge is 2.35. The molecule has 0 saturated heterocycles. The fourth-order valence-electron chi connectivity index (χ4n) is 3.35. The van der Waals surface area contributed by atoms with Gasteiger partial charge < -0.3 is 9.67 Å². The van der Waals surface area contributed by atoms with Gasteiger partial charge in [-0.3, -0.25) is 9.78 Å². The molecule has 2 aromatic rings. The van der Waals surface area contributed by atoms with Crippen LogP contribution in [-0.4, -0.2) is 25.6 Å². The van der Waals surface area contributed by atoms with E-state index in [0.29, 0.717) is 0 Å². The van der Waals surface area contributed by atoms with Crippen LogP contribution in [0.2, 0.25) is 0 Å². The Morgan fingerprint density at radius 1 is 1.45 bits per heavy atom. The smallest absolute Gasteiger partial charge is 0.307 e. The summed E-state index contributed by atoms with van der Waals surface area (Å²) in [6.45, 7) is 2.88. The van der Waals surface area contributed by atoms with Gasteiger partial charge in [-0.25, -0.2) is 4.98 Å². The van der Waals surface area contributed by atoms with E-state index in [4.69, 9.17) is 0 Å². The summed E-state index contributed by atoms with van der Waals surface area (Å²) in [6, 6.07) is 1.95. The second kappa shape index (κ2) is 5.23. The molecule has 2 unspecified atom stereocenters. The van der Waals surface area contributed by atoms with Gasteiger partial charge in [-0.1, -0.05) is 12.8 Å². The average Bonchev–Trinajstić information content (AvgIpc) is 2.85. The molecular weight excluding hydrogens is 254 g/mol. The van der Waals surface area contributed by atoms with E-state index in [1.165, 1.54) is 0 Å². The third-order valence-corrected chi connectivity index (χ3v) is 4.31. The lowest BCUT2D eigenvalue weighted by molar-refractivity contribution is -0.143. The first-order valence-corrected chi connectivity index (χ1v) is 7.25. The van der Waals surface area contributed by atoms with E-state index in [-0.39, 0.29) is 11.8 Å². The molecule has 1 fully saturated rings. The number of fused-ring (bicyclic) bond motifs is 1. The van der Waals surface area contributed by atoms with Gasteiger partial charge in [0, 0.05) is 18.7 Å². The second-order valence-electron chi connectivity index (χ2n) is 5.41. The van der Waals surface area contributed by atoms with Crippen LogP contribution in [0.1, 0.15) is 44.3 Å². The molecule has 1 aliphatic rings. The predicted molar refractivity (Wildman–Crippen MR) is 75.5 cm³/mol. The molecule has 106 valence electrons. The summed E-state index contributed by atoms with van der Waals surface area (Å²) in [5.41, 5.74) is 1.91. The van der Waals surface area contributed by atoms with Crippen LogP contribution in [0.15, 0.2) is 18.5 Å². The maximum atomic E-state index is 11.5. The van der Waals surface area contributed by atoms with Crippen molar-refractivity contribution >= 4 is 17.0 Å². The summed E-state index contributed by atoms with van der Waals surface area (Å²) in [5, 5.41) is 9.46. The Balaban J connectivity index is 2.10. The van der Waals surface area contributed by atoms with Crippen molar-refractivity contribution in [2.45, 2.75) is 45.1 Å². The van der Waals surface area contributed by atoms with Gasteiger partial charge in [-0.05, 0) is 25.8 Å². The Hall–Kier alpha value is -1.91. The number of nitrogens with zero attached hydrogens (tertiary/aromatic N) is 3. The van der Waals surface area contributed by atoms with Crippen LogP contribution in [0.4, 0.5) is 0 Å². The third kappa shape index (κ3) is 2.07. The SMILES string of the molecule is CCn1c(C2CCCCC2C(=O)O)nc2cnccc21. The minimum Gasteiger partial charge on any atom is -0.481 e. The van der Waals surface area contributed by atoms with Crippen molar-refractivity contribution in [2.75, 3.05) is 0 Å². The summed E-state index contributed by atoms with van der Waals surface area (Å²) in [6.07, 6.45) is 7.26. The van der Waals surface area contributed by atoms with Crippen LogP contribution in [0.3, 0.4) is 0 Å². The van der Waals surface area contributed by atoms with Gasteiger partial charge in [0.05, 0.1) is 17.6 Å². The van der Waals surface area contributed by atoms with Crippen molar-refractivity contribution < 1.29 is 9.90 Å². The number of hydrogen-bond donors (Lipinski definition) is 1. The maximum Gasteiger partial charge on any atom is 0.307 e. The Kier molecular flexibility index (Phi) is 3.42. The molecule has 1 saturated carbocycles. The number of rotatable bonds is 3. The Bertz CT molecular complexity index is 635. The minimum atomic E-state index is -0.692. The Labute approximate surface area is 117 Å². The molecule has 0 bridgehead atoms. The number of aryl methyl sites for hydroxylation is 1. The van der Waals surface area contributed by atoms with E-state index in [1.54, 1.807) is 12.4 Å². The number of hydrogen-bond acceptors (Lipinski definition) is 3. The maximum absolute atomic E-state index is 11.5. The molecule has 5 nitrogen and oxygen atoms in total. The largest absolute Gasteiger partial charge is 0.481 e. The van der Waals surface area contributed by atoms with Crippen molar-refractivity contribution in [2.24, 2.45) is 5.92 Å².